The monoisotopic (exact) mass is 716 g/mol. The molecule has 0 saturated heterocycles. The van der Waals surface area contributed by atoms with Crippen LogP contribution >= 0.6 is 15.9 Å². The smallest absolute Gasteiger partial charge is 0.265 e. The van der Waals surface area contributed by atoms with Crippen LogP contribution < -0.4 is 9.47 Å². The summed E-state index contributed by atoms with van der Waals surface area (Å²) < 4.78 is 34.1. The van der Waals surface area contributed by atoms with Crippen molar-refractivity contribution in [2.45, 2.75) is 45.6 Å². The Balaban J connectivity index is 1.29. The standard InChI is InChI=1S/C37H34BrFN2O7/c1-37-24(30(41(2)3)33-27(35(37)45)36(40-48-33)47-18-20-12-8-5-9-13-20)15-21-14-22-26(31(43)25(21)34(37)44)32(28(38)23(16-42)29(22)39)46-17-19-10-6-4-7-11-19/h4-13,21,24-25,30,42H,14-18H2,1-3H3. The number of benzene rings is 3. The number of halogens is 2. The minimum Gasteiger partial charge on any atom is -0.487 e. The van der Waals surface area contributed by atoms with Crippen LogP contribution in [0.25, 0.3) is 0 Å². The summed E-state index contributed by atoms with van der Waals surface area (Å²) >= 11 is 3.37. The molecule has 1 heterocycles. The van der Waals surface area contributed by atoms with Gasteiger partial charge in [-0.3, -0.25) is 19.3 Å². The van der Waals surface area contributed by atoms with Crippen LogP contribution in [0.15, 0.2) is 69.7 Å². The van der Waals surface area contributed by atoms with E-state index >= 15 is 4.39 Å². The number of nitrogens with zero attached hydrogens (tertiary/aromatic N) is 2. The molecule has 1 aromatic heterocycles. The van der Waals surface area contributed by atoms with Gasteiger partial charge in [0.15, 0.2) is 23.1 Å². The molecule has 1 N–H and O–H groups in total. The molecular weight excluding hydrogens is 683 g/mol. The molecule has 0 amide bonds. The zero-order chi connectivity index (χ0) is 33.9. The Morgan fingerprint density at radius 1 is 1.00 bits per heavy atom. The lowest BCUT2D eigenvalue weighted by molar-refractivity contribution is -0.140. The normalized spacial score (nSPS) is 24.5. The van der Waals surface area contributed by atoms with E-state index in [9.17, 15) is 19.5 Å². The first-order valence-corrected chi connectivity index (χ1v) is 16.6. The molecule has 9 nitrogen and oxygen atoms in total. The average molecular weight is 718 g/mol. The number of aliphatic hydroxyl groups excluding tert-OH is 1. The summed E-state index contributed by atoms with van der Waals surface area (Å²) in [6.45, 7) is 1.19. The quantitative estimate of drug-likeness (QED) is 0.210. The second-order valence-electron chi connectivity index (χ2n) is 13.2. The molecule has 3 aliphatic rings. The highest BCUT2D eigenvalue weighted by atomic mass is 79.9. The van der Waals surface area contributed by atoms with Gasteiger partial charge in [-0.05, 0) is 72.0 Å². The van der Waals surface area contributed by atoms with Gasteiger partial charge in [0.2, 0.25) is 0 Å². The number of carbonyl (C=O) groups excluding carboxylic acids is 3. The second kappa shape index (κ2) is 12.4. The van der Waals surface area contributed by atoms with Crippen molar-refractivity contribution in [1.82, 2.24) is 10.1 Å². The highest BCUT2D eigenvalue weighted by Gasteiger charge is 2.65. The molecule has 1 fully saturated rings. The maximum Gasteiger partial charge on any atom is 0.265 e. The number of Topliss-reactive ketones (excluding diaryl/α,β-unsaturated/α-hetero) is 3. The van der Waals surface area contributed by atoms with Gasteiger partial charge in [0.05, 0.1) is 34.0 Å². The summed E-state index contributed by atoms with van der Waals surface area (Å²) in [6.07, 6.45) is 0.331. The van der Waals surface area contributed by atoms with Crippen LogP contribution in [0.3, 0.4) is 0 Å². The first-order chi connectivity index (χ1) is 23.1. The third-order valence-electron chi connectivity index (χ3n) is 10.3. The van der Waals surface area contributed by atoms with Crippen LogP contribution in [0.4, 0.5) is 4.39 Å². The molecule has 7 rings (SSSR count). The van der Waals surface area contributed by atoms with Crippen LogP contribution in [0.2, 0.25) is 0 Å². The Bertz CT molecular complexity index is 1930. The number of hydrogen-bond acceptors (Lipinski definition) is 9. The maximum atomic E-state index is 16.1. The van der Waals surface area contributed by atoms with Gasteiger partial charge in [0.1, 0.15) is 30.3 Å². The summed E-state index contributed by atoms with van der Waals surface area (Å²) in [5, 5.41) is 14.3. The number of ketones is 3. The van der Waals surface area contributed by atoms with E-state index in [0.29, 0.717) is 5.76 Å². The van der Waals surface area contributed by atoms with Crippen molar-refractivity contribution >= 4 is 33.3 Å². The molecule has 48 heavy (non-hydrogen) atoms. The molecule has 0 radical (unpaired) electrons. The van der Waals surface area contributed by atoms with Crippen molar-refractivity contribution in [2.75, 3.05) is 14.1 Å². The molecular formula is C37H34BrFN2O7. The molecule has 0 spiro atoms. The van der Waals surface area contributed by atoms with E-state index in [1.165, 1.54) is 0 Å². The number of aliphatic hydroxyl groups is 1. The fourth-order valence-corrected chi connectivity index (χ4v) is 8.49. The third kappa shape index (κ3) is 4.93. The summed E-state index contributed by atoms with van der Waals surface area (Å²) in [6, 6.07) is 18.1. The molecule has 3 aliphatic carbocycles. The number of aromatic nitrogens is 1. The Morgan fingerprint density at radius 3 is 2.23 bits per heavy atom. The van der Waals surface area contributed by atoms with E-state index in [2.05, 4.69) is 21.1 Å². The minimum absolute atomic E-state index is 0.000231. The highest BCUT2D eigenvalue weighted by Crippen LogP contribution is 2.59. The van der Waals surface area contributed by atoms with Crippen molar-refractivity contribution in [3.8, 4) is 11.6 Å². The van der Waals surface area contributed by atoms with Gasteiger partial charge in [0.25, 0.3) is 5.88 Å². The summed E-state index contributed by atoms with van der Waals surface area (Å²) in [5.74, 6) is -4.33. The van der Waals surface area contributed by atoms with E-state index in [4.69, 9.17) is 14.0 Å². The zero-order valence-corrected chi connectivity index (χ0v) is 28.3. The number of carbonyl (C=O) groups is 3. The molecule has 5 atom stereocenters. The average Bonchev–Trinajstić information content (AvgIpc) is 3.50. The van der Waals surface area contributed by atoms with Crippen LogP contribution in [0, 0.1) is 29.0 Å². The topological polar surface area (TPSA) is 119 Å². The molecule has 0 aliphatic heterocycles. The van der Waals surface area contributed by atoms with Crippen molar-refractivity contribution in [3.63, 3.8) is 0 Å². The summed E-state index contributed by atoms with van der Waals surface area (Å²) in [7, 11) is 3.66. The fourth-order valence-electron chi connectivity index (χ4n) is 7.88. The van der Waals surface area contributed by atoms with Crippen LogP contribution in [-0.2, 0) is 31.0 Å². The van der Waals surface area contributed by atoms with E-state index < -0.39 is 59.0 Å². The largest absolute Gasteiger partial charge is 0.487 e. The Hall–Kier alpha value is -4.19. The molecule has 11 heteroatoms. The number of ether oxygens (including phenoxy) is 2. The van der Waals surface area contributed by atoms with Crippen molar-refractivity contribution < 1.29 is 37.9 Å². The first kappa shape index (κ1) is 32.4. The fraction of sp³-hybridized carbons (Fsp3) is 0.351. The van der Waals surface area contributed by atoms with E-state index in [1.807, 2.05) is 79.7 Å². The van der Waals surface area contributed by atoms with Gasteiger partial charge < -0.3 is 19.1 Å². The van der Waals surface area contributed by atoms with Gasteiger partial charge >= 0.3 is 0 Å². The molecule has 3 aromatic carbocycles. The van der Waals surface area contributed by atoms with E-state index in [0.717, 1.165) is 11.1 Å². The van der Waals surface area contributed by atoms with Crippen molar-refractivity contribution in [1.29, 1.82) is 0 Å². The lowest BCUT2D eigenvalue weighted by atomic mass is 9.50. The van der Waals surface area contributed by atoms with Gasteiger partial charge in [-0.15, -0.1) is 0 Å². The molecule has 5 unspecified atom stereocenters. The minimum atomic E-state index is -1.61. The summed E-state index contributed by atoms with van der Waals surface area (Å²) in [5.41, 5.74) is 0.217. The second-order valence-corrected chi connectivity index (χ2v) is 14.0. The number of fused-ring (bicyclic) bond motifs is 4. The highest BCUT2D eigenvalue weighted by molar-refractivity contribution is 9.10. The third-order valence-corrected chi connectivity index (χ3v) is 11.1. The predicted molar refractivity (Wildman–Crippen MR) is 175 cm³/mol. The Morgan fingerprint density at radius 2 is 1.62 bits per heavy atom. The lowest BCUT2D eigenvalue weighted by Gasteiger charge is -2.52. The van der Waals surface area contributed by atoms with E-state index in [1.54, 1.807) is 6.92 Å². The van der Waals surface area contributed by atoms with Gasteiger partial charge in [-0.2, -0.15) is 0 Å². The van der Waals surface area contributed by atoms with Crippen molar-refractivity contribution in [3.05, 3.63) is 110 Å². The summed E-state index contributed by atoms with van der Waals surface area (Å²) in [4.78, 5) is 45.7. The van der Waals surface area contributed by atoms with Crippen LogP contribution in [0.5, 0.6) is 11.6 Å². The first-order valence-electron chi connectivity index (χ1n) is 15.8. The van der Waals surface area contributed by atoms with Crippen molar-refractivity contribution in [2.24, 2.45) is 23.2 Å². The van der Waals surface area contributed by atoms with E-state index in [-0.39, 0.29) is 64.4 Å². The Kier molecular flexibility index (Phi) is 8.33. The lowest BCUT2D eigenvalue weighted by Crippen LogP contribution is -2.60. The zero-order valence-electron chi connectivity index (χ0n) is 26.7. The Labute approximate surface area is 285 Å². The number of rotatable bonds is 8. The predicted octanol–water partition coefficient (Wildman–Crippen LogP) is 6.29. The van der Waals surface area contributed by atoms with Gasteiger partial charge in [-0.25, -0.2) is 4.39 Å². The molecule has 4 aromatic rings. The molecule has 248 valence electrons. The van der Waals surface area contributed by atoms with Crippen LogP contribution in [0.1, 0.15) is 68.1 Å². The van der Waals surface area contributed by atoms with Gasteiger partial charge in [-0.1, -0.05) is 60.7 Å². The molecule has 1 saturated carbocycles. The van der Waals surface area contributed by atoms with Crippen LogP contribution in [-0.4, -0.2) is 46.6 Å². The SMILES string of the molecule is CN(C)C1c2onc(OCc3ccccc3)c2C(=O)C2(C)C(=O)C3C(=O)c4c(c(F)c(CO)c(Br)c4OCc4ccccc4)CC3CC12. The maximum absolute atomic E-state index is 16.1. The number of hydrogen-bond donors (Lipinski definition) is 1. The molecule has 0 bridgehead atoms. The van der Waals surface area contributed by atoms with Gasteiger partial charge in [0, 0.05) is 17.0 Å².